The molecule has 1 N–H and O–H groups in total. The van der Waals surface area contributed by atoms with Gasteiger partial charge >= 0.3 is 0 Å². The van der Waals surface area contributed by atoms with E-state index >= 15 is 0 Å². The van der Waals surface area contributed by atoms with Crippen LogP contribution in [0.2, 0.25) is 0 Å². The number of aryl methyl sites for hydroxylation is 1. The highest BCUT2D eigenvalue weighted by Gasteiger charge is 2.34. The number of likely N-dealkylation sites (N-methyl/N-ethyl adjacent to an activating group) is 1. The van der Waals surface area contributed by atoms with E-state index in [-0.39, 0.29) is 11.9 Å². The lowest BCUT2D eigenvalue weighted by atomic mass is 9.88. The molecule has 0 saturated carbocycles. The first-order valence-corrected chi connectivity index (χ1v) is 13.0. The monoisotopic (exact) mass is 495 g/mol. The van der Waals surface area contributed by atoms with Crippen molar-refractivity contribution in [3.63, 3.8) is 0 Å². The topological polar surface area (TPSA) is 67.2 Å². The highest BCUT2D eigenvalue weighted by atomic mass is 32.1. The van der Waals surface area contributed by atoms with Crippen molar-refractivity contribution >= 4 is 22.2 Å². The maximum atomic E-state index is 13.0. The van der Waals surface area contributed by atoms with Crippen LogP contribution in [0.25, 0.3) is 0 Å². The molecule has 3 heterocycles. The number of piperazine rings is 1. The number of methoxy groups -OCH3 is 2. The zero-order chi connectivity index (χ0) is 24.4. The van der Waals surface area contributed by atoms with Gasteiger partial charge in [0.2, 0.25) is 0 Å². The summed E-state index contributed by atoms with van der Waals surface area (Å²) < 4.78 is 16.6. The quantitative estimate of drug-likeness (QED) is 0.507. The van der Waals surface area contributed by atoms with E-state index in [0.29, 0.717) is 11.5 Å². The second-order valence-electron chi connectivity index (χ2n) is 9.24. The van der Waals surface area contributed by atoms with Crippen LogP contribution in [0, 0.1) is 0 Å². The molecule has 7 nitrogen and oxygen atoms in total. The Hall–Kier alpha value is -2.81. The van der Waals surface area contributed by atoms with Crippen LogP contribution in [0.5, 0.6) is 11.5 Å². The lowest BCUT2D eigenvalue weighted by Gasteiger charge is -2.39. The molecule has 1 aliphatic carbocycles. The predicted molar refractivity (Wildman–Crippen MR) is 138 cm³/mol. The average molecular weight is 496 g/mol. The van der Waals surface area contributed by atoms with E-state index in [0.717, 1.165) is 55.3 Å². The Kier molecular flexibility index (Phi) is 7.13. The molecule has 3 aromatic rings. The van der Waals surface area contributed by atoms with Crippen molar-refractivity contribution < 1.29 is 18.7 Å². The Labute approximate surface area is 210 Å². The van der Waals surface area contributed by atoms with Crippen molar-refractivity contribution in [2.75, 3.05) is 52.8 Å². The Morgan fingerprint density at radius 1 is 1.06 bits per heavy atom. The maximum Gasteiger partial charge on any atom is 0.291 e. The van der Waals surface area contributed by atoms with Gasteiger partial charge in [0.05, 0.1) is 26.5 Å². The Morgan fingerprint density at radius 2 is 1.83 bits per heavy atom. The number of anilines is 1. The third-order valence-electron chi connectivity index (χ3n) is 7.08. The number of hydrogen-bond acceptors (Lipinski definition) is 7. The van der Waals surface area contributed by atoms with Gasteiger partial charge in [0.1, 0.15) is 5.00 Å². The molecule has 1 atom stereocenters. The number of fused-ring (bicyclic) bond motifs is 1. The van der Waals surface area contributed by atoms with E-state index in [4.69, 9.17) is 13.9 Å². The summed E-state index contributed by atoms with van der Waals surface area (Å²) in [4.78, 5) is 19.3. The minimum absolute atomic E-state index is 0.00788. The van der Waals surface area contributed by atoms with Crippen LogP contribution in [0.4, 0.5) is 5.00 Å². The summed E-state index contributed by atoms with van der Waals surface area (Å²) in [7, 11) is 5.51. The summed E-state index contributed by atoms with van der Waals surface area (Å²) >= 11 is 1.73. The maximum absolute atomic E-state index is 13.0. The second kappa shape index (κ2) is 10.4. The highest BCUT2D eigenvalue weighted by Crippen LogP contribution is 2.46. The van der Waals surface area contributed by atoms with Crippen LogP contribution in [-0.4, -0.2) is 63.2 Å². The molecule has 1 fully saturated rings. The first-order valence-electron chi connectivity index (χ1n) is 12.2. The lowest BCUT2D eigenvalue weighted by molar-refractivity contribution is 0.0996. The van der Waals surface area contributed by atoms with E-state index in [1.807, 2.05) is 6.07 Å². The van der Waals surface area contributed by atoms with Crippen molar-refractivity contribution in [2.24, 2.45) is 0 Å². The van der Waals surface area contributed by atoms with Gasteiger partial charge in [-0.1, -0.05) is 6.07 Å². The van der Waals surface area contributed by atoms with E-state index in [9.17, 15) is 4.79 Å². The molecule has 2 aliphatic rings. The fraction of sp³-hybridized carbons (Fsp3) is 0.444. The fourth-order valence-electron chi connectivity index (χ4n) is 5.21. The van der Waals surface area contributed by atoms with E-state index in [2.05, 4.69) is 34.3 Å². The molecule has 1 aromatic carbocycles. The van der Waals surface area contributed by atoms with Gasteiger partial charge in [-0.15, -0.1) is 11.3 Å². The molecule has 186 valence electrons. The zero-order valence-electron chi connectivity index (χ0n) is 20.6. The Bertz CT molecular complexity index is 1170. The first-order chi connectivity index (χ1) is 17.1. The summed E-state index contributed by atoms with van der Waals surface area (Å²) in [6.45, 7) is 3.91. The molecule has 2 aromatic heterocycles. The molecule has 0 spiro atoms. The smallest absolute Gasteiger partial charge is 0.291 e. The molecular formula is C27H33N3O4S. The van der Waals surface area contributed by atoms with Gasteiger partial charge in [-0.25, -0.2) is 0 Å². The van der Waals surface area contributed by atoms with Crippen LogP contribution in [0.1, 0.15) is 51.0 Å². The molecule has 0 bridgehead atoms. The number of carbonyl (C=O) groups excluding carboxylic acids is 1. The molecule has 8 heteroatoms. The largest absolute Gasteiger partial charge is 0.493 e. The number of ether oxygens (including phenoxy) is 2. The fourth-order valence-corrected chi connectivity index (χ4v) is 6.52. The number of nitrogens with zero attached hydrogens (tertiary/aromatic N) is 2. The molecule has 0 unspecified atom stereocenters. The van der Waals surface area contributed by atoms with Crippen molar-refractivity contribution in [1.29, 1.82) is 0 Å². The summed E-state index contributed by atoms with van der Waals surface area (Å²) in [5.74, 6) is 1.55. The minimum atomic E-state index is -0.209. The highest BCUT2D eigenvalue weighted by molar-refractivity contribution is 7.16. The number of nitrogens with one attached hydrogen (secondary N) is 1. The second-order valence-corrected chi connectivity index (χ2v) is 10.3. The normalized spacial score (nSPS) is 17.6. The number of furan rings is 1. The molecule has 35 heavy (non-hydrogen) atoms. The Morgan fingerprint density at radius 3 is 2.54 bits per heavy atom. The molecule has 0 radical (unpaired) electrons. The standard InChI is InChI=1S/C27H33N3O4S/c1-29-12-14-30(15-13-29)25(18-10-11-20(32-2)22(17-18)33-3)24-19-7-4-5-9-23(19)35-27(24)28-26(31)21-8-6-16-34-21/h6,8,10-11,16-17,25H,4-5,7,9,12-15H2,1-3H3,(H,28,31)/t25-/m1/s1. The van der Waals surface area contributed by atoms with Crippen LogP contribution in [0.3, 0.4) is 0 Å². The third-order valence-corrected chi connectivity index (χ3v) is 8.31. The number of hydrogen-bond donors (Lipinski definition) is 1. The van der Waals surface area contributed by atoms with Crippen LogP contribution in [-0.2, 0) is 12.8 Å². The SMILES string of the molecule is COc1ccc([C@H](c2c(NC(=O)c3ccco3)sc3c2CCCC3)N2CCN(C)CC2)cc1OC. The summed E-state index contributed by atoms with van der Waals surface area (Å²) in [5, 5.41) is 4.14. The van der Waals surface area contributed by atoms with E-state index < -0.39 is 0 Å². The van der Waals surface area contributed by atoms with Crippen LogP contribution < -0.4 is 14.8 Å². The molecule has 1 aliphatic heterocycles. The predicted octanol–water partition coefficient (Wildman–Crippen LogP) is 4.83. The van der Waals surface area contributed by atoms with Gasteiger partial charge < -0.3 is 24.1 Å². The number of benzene rings is 1. The third kappa shape index (κ3) is 4.83. The van der Waals surface area contributed by atoms with Gasteiger partial charge in [-0.2, -0.15) is 0 Å². The molecule has 5 rings (SSSR count). The minimum Gasteiger partial charge on any atom is -0.493 e. The van der Waals surface area contributed by atoms with Crippen LogP contribution in [0.15, 0.2) is 41.0 Å². The lowest BCUT2D eigenvalue weighted by Crippen LogP contribution is -2.46. The van der Waals surface area contributed by atoms with Gasteiger partial charge in [0.15, 0.2) is 17.3 Å². The number of rotatable bonds is 7. The first kappa shape index (κ1) is 23.9. The zero-order valence-corrected chi connectivity index (χ0v) is 21.5. The van der Waals surface area contributed by atoms with Gasteiger partial charge in [0.25, 0.3) is 5.91 Å². The van der Waals surface area contributed by atoms with E-state index in [1.54, 1.807) is 37.7 Å². The molecule has 1 amide bonds. The van der Waals surface area contributed by atoms with Gasteiger partial charge in [-0.05, 0) is 68.1 Å². The van der Waals surface area contributed by atoms with Gasteiger partial charge in [-0.3, -0.25) is 9.69 Å². The summed E-state index contributed by atoms with van der Waals surface area (Å²) in [5.41, 5.74) is 3.77. The van der Waals surface area contributed by atoms with Crippen molar-refractivity contribution in [1.82, 2.24) is 9.80 Å². The Balaban J connectivity index is 1.62. The molecular weight excluding hydrogens is 462 g/mol. The van der Waals surface area contributed by atoms with Crippen molar-refractivity contribution in [3.05, 3.63) is 63.9 Å². The average Bonchev–Trinajstić information content (AvgIpc) is 3.54. The van der Waals surface area contributed by atoms with E-state index in [1.165, 1.54) is 35.1 Å². The van der Waals surface area contributed by atoms with Crippen molar-refractivity contribution in [3.8, 4) is 11.5 Å². The molecule has 1 saturated heterocycles. The number of thiophene rings is 1. The van der Waals surface area contributed by atoms with Crippen molar-refractivity contribution in [2.45, 2.75) is 31.7 Å². The summed E-state index contributed by atoms with van der Waals surface area (Å²) in [6.07, 6.45) is 5.99. The van der Waals surface area contributed by atoms with Crippen LogP contribution >= 0.6 is 11.3 Å². The number of amides is 1. The summed E-state index contributed by atoms with van der Waals surface area (Å²) in [6, 6.07) is 9.66. The van der Waals surface area contributed by atoms with Gasteiger partial charge in [0, 0.05) is 36.6 Å². The number of carbonyl (C=O) groups is 1.